The quantitative estimate of drug-likeness (QED) is 0.745. The summed E-state index contributed by atoms with van der Waals surface area (Å²) in [5, 5.41) is 4.67. The topological polar surface area (TPSA) is 43.8 Å². The molecule has 2 N–H and O–H groups in total. The molecule has 0 saturated heterocycles. The van der Waals surface area contributed by atoms with Crippen LogP contribution >= 0.6 is 15.9 Å². The van der Waals surface area contributed by atoms with Crippen molar-refractivity contribution in [3.05, 3.63) is 64.3 Å². The van der Waals surface area contributed by atoms with Crippen molar-refractivity contribution >= 4 is 21.6 Å². The summed E-state index contributed by atoms with van der Waals surface area (Å²) in [6, 6.07) is 14.3. The summed E-state index contributed by atoms with van der Waals surface area (Å²) in [7, 11) is 0. The van der Waals surface area contributed by atoms with Gasteiger partial charge in [0.15, 0.2) is 0 Å². The second-order valence-corrected chi connectivity index (χ2v) is 6.00. The maximum atomic E-state index is 6.16. The highest BCUT2D eigenvalue weighted by Gasteiger charge is 2.13. The van der Waals surface area contributed by atoms with Crippen LogP contribution in [0.5, 0.6) is 0 Å². The molecule has 3 aromatic rings. The van der Waals surface area contributed by atoms with Crippen LogP contribution in [0.15, 0.2) is 53.1 Å². The summed E-state index contributed by atoms with van der Waals surface area (Å²) in [4.78, 5) is 0. The molecule has 1 heterocycles. The molecule has 0 radical (unpaired) electrons. The van der Waals surface area contributed by atoms with Crippen LogP contribution in [0.25, 0.3) is 16.9 Å². The Morgan fingerprint density at radius 3 is 2.62 bits per heavy atom. The molecule has 0 aliphatic heterocycles. The molecule has 1 aromatic heterocycles. The van der Waals surface area contributed by atoms with E-state index in [1.54, 1.807) is 0 Å². The zero-order valence-electron chi connectivity index (χ0n) is 12.0. The molecule has 0 amide bonds. The van der Waals surface area contributed by atoms with Gasteiger partial charge >= 0.3 is 0 Å². The van der Waals surface area contributed by atoms with Gasteiger partial charge in [-0.25, -0.2) is 4.68 Å². The second kappa shape index (κ2) is 5.37. The molecule has 0 saturated carbocycles. The third-order valence-corrected chi connectivity index (χ3v) is 4.17. The van der Waals surface area contributed by atoms with Gasteiger partial charge in [0.25, 0.3) is 0 Å². The average Bonchev–Trinajstić information content (AvgIpc) is 2.84. The van der Waals surface area contributed by atoms with Crippen LogP contribution in [0.2, 0.25) is 0 Å². The number of halogens is 1. The largest absolute Gasteiger partial charge is 0.396 e. The van der Waals surface area contributed by atoms with E-state index in [0.29, 0.717) is 5.69 Å². The molecule has 0 fully saturated rings. The molecular weight excluding hydrogens is 326 g/mol. The Kier molecular flexibility index (Phi) is 3.55. The van der Waals surface area contributed by atoms with Gasteiger partial charge in [-0.2, -0.15) is 5.10 Å². The van der Waals surface area contributed by atoms with E-state index in [1.165, 1.54) is 11.1 Å². The van der Waals surface area contributed by atoms with Crippen molar-refractivity contribution in [1.82, 2.24) is 9.78 Å². The molecular formula is C17H16BrN3. The minimum Gasteiger partial charge on any atom is -0.396 e. The SMILES string of the molecule is Cc1ccc(C)c(-n2cc(N)c(-c3ccccc3Br)n2)c1. The molecule has 106 valence electrons. The number of nitrogens with zero attached hydrogens (tertiary/aromatic N) is 2. The number of rotatable bonds is 2. The van der Waals surface area contributed by atoms with Gasteiger partial charge in [0, 0.05) is 10.0 Å². The first-order chi connectivity index (χ1) is 10.1. The lowest BCUT2D eigenvalue weighted by molar-refractivity contribution is 0.875. The minimum absolute atomic E-state index is 0.669. The second-order valence-electron chi connectivity index (χ2n) is 5.15. The molecule has 0 aliphatic carbocycles. The molecule has 3 rings (SSSR count). The van der Waals surface area contributed by atoms with E-state index in [1.807, 2.05) is 35.1 Å². The summed E-state index contributed by atoms with van der Waals surface area (Å²) < 4.78 is 2.84. The highest BCUT2D eigenvalue weighted by Crippen LogP contribution is 2.31. The summed E-state index contributed by atoms with van der Waals surface area (Å²) in [5.41, 5.74) is 12.1. The van der Waals surface area contributed by atoms with Gasteiger partial charge in [0.2, 0.25) is 0 Å². The Morgan fingerprint density at radius 1 is 1.10 bits per heavy atom. The summed E-state index contributed by atoms with van der Waals surface area (Å²) in [6.45, 7) is 4.15. The number of aromatic nitrogens is 2. The molecule has 4 heteroatoms. The van der Waals surface area contributed by atoms with Gasteiger partial charge in [-0.3, -0.25) is 0 Å². The fourth-order valence-corrected chi connectivity index (χ4v) is 2.81. The van der Waals surface area contributed by atoms with Crippen LogP contribution in [0.4, 0.5) is 5.69 Å². The number of nitrogens with two attached hydrogens (primary N) is 1. The highest BCUT2D eigenvalue weighted by atomic mass is 79.9. The lowest BCUT2D eigenvalue weighted by Crippen LogP contribution is -1.98. The predicted molar refractivity (Wildman–Crippen MR) is 90.6 cm³/mol. The minimum atomic E-state index is 0.669. The lowest BCUT2D eigenvalue weighted by atomic mass is 10.1. The van der Waals surface area contributed by atoms with E-state index < -0.39 is 0 Å². The predicted octanol–water partition coefficient (Wildman–Crippen LogP) is 4.50. The van der Waals surface area contributed by atoms with Gasteiger partial charge in [0.1, 0.15) is 5.69 Å². The normalized spacial score (nSPS) is 10.8. The van der Waals surface area contributed by atoms with Gasteiger partial charge in [-0.05, 0) is 37.1 Å². The van der Waals surface area contributed by atoms with E-state index in [4.69, 9.17) is 5.73 Å². The first-order valence-corrected chi connectivity index (χ1v) is 7.53. The van der Waals surface area contributed by atoms with Crippen molar-refractivity contribution in [2.24, 2.45) is 0 Å². The van der Waals surface area contributed by atoms with Crippen LogP contribution in [-0.4, -0.2) is 9.78 Å². The van der Waals surface area contributed by atoms with Crippen molar-refractivity contribution in [3.8, 4) is 16.9 Å². The van der Waals surface area contributed by atoms with E-state index >= 15 is 0 Å². The van der Waals surface area contributed by atoms with Gasteiger partial charge in [-0.1, -0.05) is 46.3 Å². The number of nitrogen functional groups attached to an aromatic ring is 1. The fraction of sp³-hybridized carbons (Fsp3) is 0.118. The molecule has 21 heavy (non-hydrogen) atoms. The lowest BCUT2D eigenvalue weighted by Gasteiger charge is -2.07. The van der Waals surface area contributed by atoms with Crippen LogP contribution in [-0.2, 0) is 0 Å². The number of benzene rings is 2. The first-order valence-electron chi connectivity index (χ1n) is 6.74. The summed E-state index contributed by atoms with van der Waals surface area (Å²) >= 11 is 3.55. The number of hydrogen-bond donors (Lipinski definition) is 1. The smallest absolute Gasteiger partial charge is 0.117 e. The van der Waals surface area contributed by atoms with E-state index in [2.05, 4.69) is 53.1 Å². The van der Waals surface area contributed by atoms with Gasteiger partial charge in [-0.15, -0.1) is 0 Å². The zero-order chi connectivity index (χ0) is 15.0. The molecule has 3 nitrogen and oxygen atoms in total. The van der Waals surface area contributed by atoms with E-state index in [9.17, 15) is 0 Å². The Hall–Kier alpha value is -2.07. The Bertz CT molecular complexity index is 806. The Balaban J connectivity index is 2.14. The maximum absolute atomic E-state index is 6.16. The van der Waals surface area contributed by atoms with Crippen LogP contribution in [0.3, 0.4) is 0 Å². The van der Waals surface area contributed by atoms with Crippen molar-refractivity contribution in [2.75, 3.05) is 5.73 Å². The average molecular weight is 342 g/mol. The van der Waals surface area contributed by atoms with Gasteiger partial charge < -0.3 is 5.73 Å². The van der Waals surface area contributed by atoms with Crippen molar-refractivity contribution < 1.29 is 0 Å². The molecule has 2 aromatic carbocycles. The number of anilines is 1. The maximum Gasteiger partial charge on any atom is 0.117 e. The Morgan fingerprint density at radius 2 is 1.86 bits per heavy atom. The van der Waals surface area contributed by atoms with Crippen LogP contribution in [0, 0.1) is 13.8 Å². The van der Waals surface area contributed by atoms with Crippen molar-refractivity contribution in [3.63, 3.8) is 0 Å². The van der Waals surface area contributed by atoms with Crippen molar-refractivity contribution in [1.29, 1.82) is 0 Å². The van der Waals surface area contributed by atoms with Crippen LogP contribution < -0.4 is 5.73 Å². The molecule has 0 aliphatic rings. The number of aryl methyl sites for hydroxylation is 2. The number of hydrogen-bond acceptors (Lipinski definition) is 2. The molecule has 0 atom stereocenters. The highest BCUT2D eigenvalue weighted by molar-refractivity contribution is 9.10. The fourth-order valence-electron chi connectivity index (χ4n) is 2.34. The standard InChI is InChI=1S/C17H16BrN3/c1-11-7-8-12(2)16(9-11)21-10-15(19)17(20-21)13-5-3-4-6-14(13)18/h3-10H,19H2,1-2H3. The van der Waals surface area contributed by atoms with Gasteiger partial charge in [0.05, 0.1) is 17.6 Å². The third kappa shape index (κ3) is 2.59. The monoisotopic (exact) mass is 341 g/mol. The van der Waals surface area contributed by atoms with E-state index in [-0.39, 0.29) is 0 Å². The van der Waals surface area contributed by atoms with E-state index in [0.717, 1.165) is 21.4 Å². The molecule has 0 unspecified atom stereocenters. The summed E-state index contributed by atoms with van der Waals surface area (Å²) in [6.07, 6.45) is 1.87. The van der Waals surface area contributed by atoms with Crippen LogP contribution in [0.1, 0.15) is 11.1 Å². The third-order valence-electron chi connectivity index (χ3n) is 3.48. The Labute approximate surface area is 132 Å². The molecule has 0 bridgehead atoms. The zero-order valence-corrected chi connectivity index (χ0v) is 13.6. The molecule has 0 spiro atoms. The van der Waals surface area contributed by atoms with Crippen molar-refractivity contribution in [2.45, 2.75) is 13.8 Å². The summed E-state index contributed by atoms with van der Waals surface area (Å²) in [5.74, 6) is 0. The first kappa shape index (κ1) is 13.9.